The molecule has 15 nitrogen and oxygen atoms in total. The van der Waals surface area contributed by atoms with E-state index in [-0.39, 0.29) is 35.3 Å². The molecule has 0 radical (unpaired) electrons. The first-order valence-electron chi connectivity index (χ1n) is 19.0. The number of imidazole rings is 1. The zero-order chi connectivity index (χ0) is 38.4. The summed E-state index contributed by atoms with van der Waals surface area (Å²) in [6, 6.07) is 7.22. The van der Waals surface area contributed by atoms with Crippen LogP contribution < -0.4 is 16.3 Å². The fourth-order valence-corrected chi connectivity index (χ4v) is 8.81. The van der Waals surface area contributed by atoms with Gasteiger partial charge in [-0.05, 0) is 88.7 Å². The Labute approximate surface area is 315 Å². The van der Waals surface area contributed by atoms with Crippen LogP contribution in [0.4, 0.5) is 14.5 Å². The molecular formula is C38H45F2N11O4. The molecule has 0 spiro atoms. The van der Waals surface area contributed by atoms with Crippen molar-refractivity contribution < 1.29 is 23.2 Å². The van der Waals surface area contributed by atoms with Gasteiger partial charge in [0.2, 0.25) is 11.8 Å². The van der Waals surface area contributed by atoms with E-state index in [1.54, 1.807) is 28.6 Å². The number of imide groups is 1. The number of anilines is 1. The monoisotopic (exact) mass is 757 g/mol. The molecule has 2 aliphatic heterocycles. The number of aromatic nitrogens is 7. The summed E-state index contributed by atoms with van der Waals surface area (Å²) in [5, 5.41) is 13.3. The highest BCUT2D eigenvalue weighted by Gasteiger charge is 2.33. The van der Waals surface area contributed by atoms with E-state index in [4.69, 9.17) is 0 Å². The van der Waals surface area contributed by atoms with Crippen LogP contribution in [0.1, 0.15) is 91.5 Å². The van der Waals surface area contributed by atoms with Crippen molar-refractivity contribution in [3.05, 3.63) is 76.4 Å². The Hall–Kier alpha value is -5.29. The standard InChI is InChI=1S/C38H45F2N11O4/c1-46(25-13-17-48(18-14-25)21-24-5-3-6-29-33(24)47(2)38(55)51(29)30-11-12-31(52)44-37(30)54)20-23-7-9-26(10-8-23)50-22-28(32(45-50)34(39)40)43-36(53)27-19-42-49-16-4-15-41-35(27)49/h3-6,15-16,19,22-23,25-26,30,34H,7-14,17-18,20-21H2,1-2H3,(H,43,53)(H,44,52,54)/t23-,26-,30?. The Kier molecular flexibility index (Phi) is 10.1. The van der Waals surface area contributed by atoms with Gasteiger partial charge in [0.05, 0.1) is 29.0 Å². The first-order chi connectivity index (χ1) is 26.5. The lowest BCUT2D eigenvalue weighted by Crippen LogP contribution is -2.44. The first-order valence-corrected chi connectivity index (χ1v) is 19.0. The lowest BCUT2D eigenvalue weighted by molar-refractivity contribution is -0.135. The molecule has 6 heterocycles. The molecule has 3 amide bonds. The van der Waals surface area contributed by atoms with Crippen LogP contribution in [0.25, 0.3) is 16.7 Å². The van der Waals surface area contributed by atoms with E-state index in [0.29, 0.717) is 36.1 Å². The third-order valence-electron chi connectivity index (χ3n) is 11.8. The van der Waals surface area contributed by atoms with Gasteiger partial charge in [-0.15, -0.1) is 0 Å². The largest absolute Gasteiger partial charge is 0.329 e. The molecule has 1 unspecified atom stereocenters. The molecule has 4 aromatic heterocycles. The molecule has 1 atom stereocenters. The van der Waals surface area contributed by atoms with Crippen molar-refractivity contribution in [3.8, 4) is 0 Å². The topological polar surface area (TPSA) is 157 Å². The number of hydrogen-bond acceptors (Lipinski definition) is 9. The van der Waals surface area contributed by atoms with E-state index in [9.17, 15) is 28.0 Å². The van der Waals surface area contributed by atoms with Gasteiger partial charge in [0.15, 0.2) is 11.3 Å². The van der Waals surface area contributed by atoms with Crippen molar-refractivity contribution >= 4 is 40.1 Å². The first kappa shape index (κ1) is 36.7. The Morgan fingerprint density at radius 1 is 1.05 bits per heavy atom. The SMILES string of the molecule is CN(C[C@H]1CC[C@H](n2cc(NC(=O)c3cnn4cccnc34)c(C(F)F)n2)CC1)C1CCN(Cc2cccc3c2n(C)c(=O)n3C2CCC(=O)NC2=O)CC1. The fourth-order valence-electron chi connectivity index (χ4n) is 8.81. The molecule has 2 saturated heterocycles. The quantitative estimate of drug-likeness (QED) is 0.201. The molecule has 55 heavy (non-hydrogen) atoms. The molecule has 3 fully saturated rings. The Bertz CT molecular complexity index is 2300. The number of nitrogens with zero attached hydrogens (tertiary/aromatic N) is 9. The minimum atomic E-state index is -2.84. The van der Waals surface area contributed by atoms with Gasteiger partial charge in [-0.25, -0.2) is 23.1 Å². The lowest BCUT2D eigenvalue weighted by atomic mass is 9.85. The van der Waals surface area contributed by atoms with Gasteiger partial charge in [0.1, 0.15) is 11.6 Å². The average molecular weight is 758 g/mol. The number of likely N-dealkylation sites (tertiary alicyclic amines) is 1. The Balaban J connectivity index is 0.842. The molecule has 5 aromatic rings. The predicted octanol–water partition coefficient (Wildman–Crippen LogP) is 4.07. The normalized spacial score (nSPS) is 21.6. The molecule has 17 heteroatoms. The highest BCUT2D eigenvalue weighted by Crippen LogP contribution is 2.36. The molecule has 1 aliphatic carbocycles. The van der Waals surface area contributed by atoms with Crippen LogP contribution in [-0.4, -0.2) is 93.8 Å². The summed E-state index contributed by atoms with van der Waals surface area (Å²) >= 11 is 0. The van der Waals surface area contributed by atoms with Gasteiger partial charge in [-0.2, -0.15) is 10.2 Å². The van der Waals surface area contributed by atoms with Crippen molar-refractivity contribution in [2.45, 2.75) is 82.5 Å². The molecule has 0 bridgehead atoms. The van der Waals surface area contributed by atoms with E-state index >= 15 is 0 Å². The van der Waals surface area contributed by atoms with Gasteiger partial charge in [-0.3, -0.25) is 38.4 Å². The second kappa shape index (κ2) is 15.1. The van der Waals surface area contributed by atoms with Crippen LogP contribution in [0, 0.1) is 5.92 Å². The third-order valence-corrected chi connectivity index (χ3v) is 11.8. The van der Waals surface area contributed by atoms with Gasteiger partial charge in [0, 0.05) is 51.2 Å². The summed E-state index contributed by atoms with van der Waals surface area (Å²) in [6.45, 7) is 3.48. The van der Waals surface area contributed by atoms with Crippen molar-refractivity contribution in [1.29, 1.82) is 0 Å². The van der Waals surface area contributed by atoms with E-state index in [1.807, 2.05) is 18.2 Å². The minimum absolute atomic E-state index is 0.00478. The summed E-state index contributed by atoms with van der Waals surface area (Å²) in [7, 11) is 3.93. The zero-order valence-corrected chi connectivity index (χ0v) is 30.9. The van der Waals surface area contributed by atoms with Gasteiger partial charge in [-0.1, -0.05) is 12.1 Å². The van der Waals surface area contributed by atoms with E-state index in [2.05, 4.69) is 42.7 Å². The van der Waals surface area contributed by atoms with Gasteiger partial charge in [0.25, 0.3) is 12.3 Å². The van der Waals surface area contributed by atoms with Crippen molar-refractivity contribution in [1.82, 2.24) is 48.6 Å². The molecule has 2 N–H and O–H groups in total. The molecular weight excluding hydrogens is 712 g/mol. The van der Waals surface area contributed by atoms with Crippen LogP contribution in [0.3, 0.4) is 0 Å². The number of benzene rings is 1. The zero-order valence-electron chi connectivity index (χ0n) is 30.9. The molecule has 1 saturated carbocycles. The van der Waals surface area contributed by atoms with Gasteiger partial charge >= 0.3 is 5.69 Å². The van der Waals surface area contributed by atoms with E-state index in [1.165, 1.54) is 27.7 Å². The maximum Gasteiger partial charge on any atom is 0.329 e. The number of fused-ring (bicyclic) bond motifs is 2. The third kappa shape index (κ3) is 7.17. The van der Waals surface area contributed by atoms with Gasteiger partial charge < -0.3 is 10.2 Å². The second-order valence-electron chi connectivity index (χ2n) is 15.2. The van der Waals surface area contributed by atoms with Crippen LogP contribution >= 0.6 is 0 Å². The number of nitrogens with one attached hydrogen (secondary N) is 2. The molecule has 290 valence electrons. The number of rotatable bonds is 10. The van der Waals surface area contributed by atoms with Crippen LogP contribution in [0.5, 0.6) is 0 Å². The Morgan fingerprint density at radius 2 is 1.84 bits per heavy atom. The second-order valence-corrected chi connectivity index (χ2v) is 15.2. The van der Waals surface area contributed by atoms with Crippen LogP contribution in [-0.2, 0) is 23.2 Å². The summed E-state index contributed by atoms with van der Waals surface area (Å²) in [5.41, 5.74) is 2.36. The van der Waals surface area contributed by atoms with Crippen molar-refractivity contribution in [3.63, 3.8) is 0 Å². The summed E-state index contributed by atoms with van der Waals surface area (Å²) in [6.07, 6.45) is 9.31. The minimum Gasteiger partial charge on any atom is -0.319 e. The van der Waals surface area contributed by atoms with Crippen molar-refractivity contribution in [2.24, 2.45) is 13.0 Å². The maximum absolute atomic E-state index is 14.1. The number of alkyl halides is 2. The predicted molar refractivity (Wildman–Crippen MR) is 199 cm³/mol. The smallest absolute Gasteiger partial charge is 0.319 e. The number of aryl methyl sites for hydroxylation is 1. The van der Waals surface area contributed by atoms with Crippen LogP contribution in [0.2, 0.25) is 0 Å². The highest BCUT2D eigenvalue weighted by atomic mass is 19.3. The summed E-state index contributed by atoms with van der Waals surface area (Å²) in [4.78, 5) is 59.9. The number of amides is 3. The number of hydrogen-bond donors (Lipinski definition) is 2. The molecule has 8 rings (SSSR count). The van der Waals surface area contributed by atoms with E-state index in [0.717, 1.165) is 69.2 Å². The molecule has 3 aliphatic rings. The van der Waals surface area contributed by atoms with Crippen molar-refractivity contribution in [2.75, 3.05) is 32.0 Å². The maximum atomic E-state index is 14.1. The lowest BCUT2D eigenvalue weighted by Gasteiger charge is -2.39. The fraction of sp³-hybridized carbons (Fsp3) is 0.500. The number of carbonyl (C=O) groups excluding carboxylic acids is 3. The van der Waals surface area contributed by atoms with E-state index < -0.39 is 30.0 Å². The number of para-hydroxylation sites is 1. The summed E-state index contributed by atoms with van der Waals surface area (Å²) < 4.78 is 34.3. The number of carbonyl (C=O) groups is 3. The Morgan fingerprint density at radius 3 is 2.58 bits per heavy atom. The number of halogens is 2. The average Bonchev–Trinajstić information content (AvgIpc) is 3.87. The number of piperidine rings is 2. The molecule has 1 aromatic carbocycles. The highest BCUT2D eigenvalue weighted by molar-refractivity contribution is 6.08. The summed E-state index contributed by atoms with van der Waals surface area (Å²) in [5.74, 6) is -0.835. The van der Waals surface area contributed by atoms with Crippen LogP contribution in [0.15, 0.2) is 53.8 Å².